The lowest BCUT2D eigenvalue weighted by Crippen LogP contribution is -2.04. The first-order valence-electron chi connectivity index (χ1n) is 5.94. The third-order valence-corrected chi connectivity index (χ3v) is 2.91. The molecular formula is C16H14O3. The van der Waals surface area contributed by atoms with E-state index in [-0.39, 0.29) is 12.4 Å². The summed E-state index contributed by atoms with van der Waals surface area (Å²) in [7, 11) is 1.38. The van der Waals surface area contributed by atoms with Gasteiger partial charge < -0.3 is 4.74 Å². The smallest absolute Gasteiger partial charge is 0.309 e. The Morgan fingerprint density at radius 3 is 2.00 bits per heavy atom. The zero-order valence-electron chi connectivity index (χ0n) is 10.6. The molecule has 0 radical (unpaired) electrons. The first kappa shape index (κ1) is 13.0. The number of methoxy groups -OCH3 is 1. The second-order valence-electron chi connectivity index (χ2n) is 4.19. The number of hydrogen-bond donors (Lipinski definition) is 0. The molecule has 2 aromatic carbocycles. The summed E-state index contributed by atoms with van der Waals surface area (Å²) in [6.07, 6.45) is 1.10. The molecule has 0 fully saturated rings. The molecule has 0 aliphatic carbocycles. The van der Waals surface area contributed by atoms with Gasteiger partial charge in [0.15, 0.2) is 0 Å². The molecule has 0 spiro atoms. The fourth-order valence-electron chi connectivity index (χ4n) is 1.81. The van der Waals surface area contributed by atoms with Crippen molar-refractivity contribution in [2.45, 2.75) is 6.42 Å². The zero-order chi connectivity index (χ0) is 13.7. The van der Waals surface area contributed by atoms with Crippen molar-refractivity contribution in [3.8, 4) is 11.1 Å². The van der Waals surface area contributed by atoms with E-state index in [1.54, 1.807) is 12.1 Å². The van der Waals surface area contributed by atoms with Crippen LogP contribution in [0.25, 0.3) is 11.1 Å². The lowest BCUT2D eigenvalue weighted by atomic mass is 10.0. The van der Waals surface area contributed by atoms with Crippen LogP contribution in [0.2, 0.25) is 0 Å². The molecule has 3 heteroatoms. The first-order valence-corrected chi connectivity index (χ1v) is 5.94. The molecule has 0 atom stereocenters. The maximum atomic E-state index is 11.2. The fraction of sp³-hybridized carbons (Fsp3) is 0.125. The third kappa shape index (κ3) is 3.28. The Kier molecular flexibility index (Phi) is 4.08. The Morgan fingerprint density at radius 2 is 1.53 bits per heavy atom. The van der Waals surface area contributed by atoms with Crippen LogP contribution < -0.4 is 0 Å². The predicted octanol–water partition coefficient (Wildman–Crippen LogP) is 2.88. The zero-order valence-corrected chi connectivity index (χ0v) is 10.6. The Morgan fingerprint density at radius 1 is 1.00 bits per heavy atom. The van der Waals surface area contributed by atoms with Gasteiger partial charge in [0.25, 0.3) is 0 Å². The van der Waals surface area contributed by atoms with Crippen molar-refractivity contribution in [3.63, 3.8) is 0 Å². The molecule has 0 saturated carbocycles. The van der Waals surface area contributed by atoms with E-state index in [1.165, 1.54) is 7.11 Å². The normalized spacial score (nSPS) is 9.95. The molecule has 96 valence electrons. The van der Waals surface area contributed by atoms with Crippen LogP contribution in [0.15, 0.2) is 48.5 Å². The van der Waals surface area contributed by atoms with E-state index in [0.29, 0.717) is 5.56 Å². The van der Waals surface area contributed by atoms with Crippen molar-refractivity contribution >= 4 is 12.3 Å². The maximum Gasteiger partial charge on any atom is 0.309 e. The molecule has 0 amide bonds. The van der Waals surface area contributed by atoms with E-state index in [2.05, 4.69) is 4.74 Å². The highest BCUT2D eigenvalue weighted by atomic mass is 16.5. The minimum atomic E-state index is -0.247. The van der Waals surface area contributed by atoms with E-state index in [1.807, 2.05) is 36.4 Å². The molecule has 2 rings (SSSR count). The van der Waals surface area contributed by atoms with Crippen molar-refractivity contribution in [1.29, 1.82) is 0 Å². The number of benzene rings is 2. The number of ether oxygens (including phenoxy) is 1. The second-order valence-corrected chi connectivity index (χ2v) is 4.19. The summed E-state index contributed by atoms with van der Waals surface area (Å²) in [4.78, 5) is 21.7. The Bertz CT molecular complexity index is 568. The second kappa shape index (κ2) is 5.96. The van der Waals surface area contributed by atoms with Crippen molar-refractivity contribution in [2.24, 2.45) is 0 Å². The molecule has 3 nitrogen and oxygen atoms in total. The molecule has 0 saturated heterocycles. The lowest BCUT2D eigenvalue weighted by molar-refractivity contribution is -0.139. The van der Waals surface area contributed by atoms with Gasteiger partial charge in [0, 0.05) is 5.56 Å². The van der Waals surface area contributed by atoms with Crippen LogP contribution in [0.1, 0.15) is 15.9 Å². The first-order chi connectivity index (χ1) is 9.22. The molecule has 0 aliphatic heterocycles. The van der Waals surface area contributed by atoms with Crippen molar-refractivity contribution in [3.05, 3.63) is 59.7 Å². The van der Waals surface area contributed by atoms with Gasteiger partial charge in [-0.25, -0.2) is 0 Å². The highest BCUT2D eigenvalue weighted by molar-refractivity contribution is 5.77. The average molecular weight is 254 g/mol. The highest BCUT2D eigenvalue weighted by Crippen LogP contribution is 2.20. The molecule has 0 unspecified atom stereocenters. The van der Waals surface area contributed by atoms with E-state index < -0.39 is 0 Å². The largest absolute Gasteiger partial charge is 0.469 e. The number of esters is 1. The van der Waals surface area contributed by atoms with Crippen LogP contribution >= 0.6 is 0 Å². The van der Waals surface area contributed by atoms with Gasteiger partial charge in [-0.1, -0.05) is 48.5 Å². The fourth-order valence-corrected chi connectivity index (χ4v) is 1.81. The van der Waals surface area contributed by atoms with Gasteiger partial charge in [0.05, 0.1) is 13.5 Å². The van der Waals surface area contributed by atoms with Gasteiger partial charge >= 0.3 is 5.97 Å². The molecular weight excluding hydrogens is 240 g/mol. The molecule has 0 aliphatic rings. The maximum absolute atomic E-state index is 11.2. The van der Waals surface area contributed by atoms with Gasteiger partial charge in [0.2, 0.25) is 0 Å². The minimum absolute atomic E-state index is 0.247. The summed E-state index contributed by atoms with van der Waals surface area (Å²) in [5.74, 6) is -0.247. The van der Waals surface area contributed by atoms with Crippen LogP contribution in [0, 0.1) is 0 Å². The van der Waals surface area contributed by atoms with Crippen LogP contribution in [-0.4, -0.2) is 19.4 Å². The molecule has 0 aromatic heterocycles. The predicted molar refractivity (Wildman–Crippen MR) is 73.0 cm³/mol. The van der Waals surface area contributed by atoms with Crippen LogP contribution in [0.5, 0.6) is 0 Å². The third-order valence-electron chi connectivity index (χ3n) is 2.91. The lowest BCUT2D eigenvalue weighted by Gasteiger charge is -2.04. The Balaban J connectivity index is 2.17. The number of carbonyl (C=O) groups excluding carboxylic acids is 2. The van der Waals surface area contributed by atoms with Crippen molar-refractivity contribution < 1.29 is 14.3 Å². The van der Waals surface area contributed by atoms with E-state index in [4.69, 9.17) is 0 Å². The monoisotopic (exact) mass is 254 g/mol. The molecule has 19 heavy (non-hydrogen) atoms. The summed E-state index contributed by atoms with van der Waals surface area (Å²) in [6.45, 7) is 0. The van der Waals surface area contributed by atoms with Gasteiger partial charge in [-0.3, -0.25) is 9.59 Å². The minimum Gasteiger partial charge on any atom is -0.469 e. The number of rotatable bonds is 4. The topological polar surface area (TPSA) is 43.4 Å². The quantitative estimate of drug-likeness (QED) is 0.622. The van der Waals surface area contributed by atoms with Crippen LogP contribution in [0.3, 0.4) is 0 Å². The standard InChI is InChI=1S/C16H14O3/c1-19-16(18)10-12-2-6-14(7-3-12)15-8-4-13(11-17)5-9-15/h2-9,11H,10H2,1H3. The van der Waals surface area contributed by atoms with Crippen molar-refractivity contribution in [1.82, 2.24) is 0 Å². The summed E-state index contributed by atoms with van der Waals surface area (Å²) < 4.78 is 4.62. The van der Waals surface area contributed by atoms with Crippen molar-refractivity contribution in [2.75, 3.05) is 7.11 Å². The van der Waals surface area contributed by atoms with Crippen LogP contribution in [0.4, 0.5) is 0 Å². The summed E-state index contributed by atoms with van der Waals surface area (Å²) >= 11 is 0. The molecule has 0 bridgehead atoms. The molecule has 2 aromatic rings. The van der Waals surface area contributed by atoms with Gasteiger partial charge in [-0.2, -0.15) is 0 Å². The van der Waals surface area contributed by atoms with Gasteiger partial charge in [-0.15, -0.1) is 0 Å². The van der Waals surface area contributed by atoms with E-state index in [0.717, 1.165) is 23.0 Å². The summed E-state index contributed by atoms with van der Waals surface area (Å²) in [6, 6.07) is 15.1. The number of hydrogen-bond acceptors (Lipinski definition) is 3. The molecule has 0 heterocycles. The van der Waals surface area contributed by atoms with Crippen LogP contribution in [-0.2, 0) is 16.0 Å². The number of carbonyl (C=O) groups is 2. The number of aldehydes is 1. The Hall–Kier alpha value is -2.42. The van der Waals surface area contributed by atoms with Gasteiger partial charge in [0.1, 0.15) is 6.29 Å². The summed E-state index contributed by atoms with van der Waals surface area (Å²) in [5, 5.41) is 0. The average Bonchev–Trinajstić information content (AvgIpc) is 2.48. The van der Waals surface area contributed by atoms with E-state index in [9.17, 15) is 9.59 Å². The van der Waals surface area contributed by atoms with Gasteiger partial charge in [-0.05, 0) is 16.7 Å². The summed E-state index contributed by atoms with van der Waals surface area (Å²) in [5.41, 5.74) is 3.66. The SMILES string of the molecule is COC(=O)Cc1ccc(-c2ccc(C=O)cc2)cc1. The highest BCUT2D eigenvalue weighted by Gasteiger charge is 2.03. The van der Waals surface area contributed by atoms with E-state index >= 15 is 0 Å². The Labute approximate surface area is 111 Å². The molecule has 0 N–H and O–H groups in total.